The van der Waals surface area contributed by atoms with Crippen molar-refractivity contribution in [3.63, 3.8) is 0 Å². The summed E-state index contributed by atoms with van der Waals surface area (Å²) in [5, 5.41) is 2.99. The van der Waals surface area contributed by atoms with Crippen LogP contribution in [0.2, 0.25) is 5.02 Å². The highest BCUT2D eigenvalue weighted by atomic mass is 35.5. The van der Waals surface area contributed by atoms with Crippen LogP contribution in [0.3, 0.4) is 0 Å². The van der Waals surface area contributed by atoms with Gasteiger partial charge in [-0.2, -0.15) is 4.31 Å². The van der Waals surface area contributed by atoms with Crippen LogP contribution in [0.15, 0.2) is 53.4 Å². The number of sulfonamides is 1. The largest absolute Gasteiger partial charge is 0.495 e. The zero-order valence-corrected chi connectivity index (χ0v) is 15.5. The van der Waals surface area contributed by atoms with Crippen molar-refractivity contribution in [2.75, 3.05) is 25.5 Å². The van der Waals surface area contributed by atoms with E-state index in [1.165, 1.54) is 19.2 Å². The summed E-state index contributed by atoms with van der Waals surface area (Å²) in [4.78, 5) is 12.4. The normalized spacial score (nSPS) is 11.4. The lowest BCUT2D eigenvalue weighted by Crippen LogP contribution is -2.37. The molecule has 0 fully saturated rings. The van der Waals surface area contributed by atoms with E-state index in [0.29, 0.717) is 16.5 Å². The summed E-state index contributed by atoms with van der Waals surface area (Å²) >= 11 is 6.02. The van der Waals surface area contributed by atoms with Crippen LogP contribution in [-0.2, 0) is 14.8 Å². The summed E-state index contributed by atoms with van der Waals surface area (Å²) in [7, 11) is -2.24. The molecule has 0 bridgehead atoms. The van der Waals surface area contributed by atoms with Crippen molar-refractivity contribution in [3.8, 4) is 5.75 Å². The topological polar surface area (TPSA) is 75.7 Å². The van der Waals surface area contributed by atoms with Crippen molar-refractivity contribution in [2.24, 2.45) is 0 Å². The number of likely N-dealkylation sites (N-methyl/N-ethyl adjacent to an activating group) is 1. The fraction of sp³-hybridized carbons (Fsp3) is 0.235. The summed E-state index contributed by atoms with van der Waals surface area (Å²) in [6.07, 6.45) is 0. The molecular formula is C17H19ClN2O4S. The molecule has 1 N–H and O–H groups in total. The highest BCUT2D eigenvalue weighted by molar-refractivity contribution is 7.89. The number of methoxy groups -OCH3 is 1. The van der Waals surface area contributed by atoms with Crippen LogP contribution in [0.4, 0.5) is 5.69 Å². The average Bonchev–Trinajstić information content (AvgIpc) is 2.60. The summed E-state index contributed by atoms with van der Waals surface area (Å²) in [6.45, 7) is 1.56. The molecule has 2 rings (SSSR count). The molecule has 0 saturated carbocycles. The Morgan fingerprint density at radius 1 is 1.20 bits per heavy atom. The molecule has 0 aliphatic heterocycles. The fourth-order valence-corrected chi connectivity index (χ4v) is 3.90. The van der Waals surface area contributed by atoms with Gasteiger partial charge >= 0.3 is 0 Å². The van der Waals surface area contributed by atoms with Crippen LogP contribution in [0, 0.1) is 0 Å². The van der Waals surface area contributed by atoms with Gasteiger partial charge in [0.1, 0.15) is 5.75 Å². The van der Waals surface area contributed by atoms with E-state index in [1.807, 2.05) is 0 Å². The number of benzene rings is 2. The molecule has 1 amide bonds. The maximum Gasteiger partial charge on any atom is 0.243 e. The summed E-state index contributed by atoms with van der Waals surface area (Å²) in [5.41, 5.74) is 0.462. The molecule has 0 unspecified atom stereocenters. The molecular weight excluding hydrogens is 364 g/mol. The molecule has 6 nitrogen and oxygen atoms in total. The predicted molar refractivity (Wildman–Crippen MR) is 97.5 cm³/mol. The quantitative estimate of drug-likeness (QED) is 0.798. The van der Waals surface area contributed by atoms with Gasteiger partial charge in [0.2, 0.25) is 15.9 Å². The van der Waals surface area contributed by atoms with E-state index in [2.05, 4.69) is 5.32 Å². The Morgan fingerprint density at radius 2 is 1.88 bits per heavy atom. The van der Waals surface area contributed by atoms with Crippen molar-refractivity contribution in [1.29, 1.82) is 0 Å². The second kappa shape index (κ2) is 8.33. The number of hydrogen-bond donors (Lipinski definition) is 1. The van der Waals surface area contributed by atoms with Gasteiger partial charge in [-0.05, 0) is 30.3 Å². The summed E-state index contributed by atoms with van der Waals surface area (Å²) in [6, 6.07) is 12.8. The van der Waals surface area contributed by atoms with Crippen LogP contribution in [0.5, 0.6) is 5.75 Å². The minimum Gasteiger partial charge on any atom is -0.495 e. The molecule has 0 aromatic heterocycles. The highest BCUT2D eigenvalue weighted by Gasteiger charge is 2.25. The standard InChI is InChI=1S/C17H19ClN2O4S/c1-3-20(25(22,23)14-7-5-4-6-8-14)12-17(21)19-13-9-10-16(24-2)15(18)11-13/h4-11H,3,12H2,1-2H3,(H,19,21). The maximum absolute atomic E-state index is 12.6. The van der Waals surface area contributed by atoms with Crippen LogP contribution in [0.1, 0.15) is 6.92 Å². The van der Waals surface area contributed by atoms with E-state index in [-0.39, 0.29) is 18.0 Å². The smallest absolute Gasteiger partial charge is 0.243 e. The number of rotatable bonds is 7. The first-order valence-corrected chi connectivity index (χ1v) is 9.39. The van der Waals surface area contributed by atoms with Gasteiger partial charge in [-0.15, -0.1) is 0 Å². The maximum atomic E-state index is 12.6. The number of amides is 1. The second-order valence-corrected chi connectivity index (χ2v) is 7.49. The van der Waals surface area contributed by atoms with Crippen molar-refractivity contribution in [2.45, 2.75) is 11.8 Å². The Bertz CT molecular complexity index is 841. The summed E-state index contributed by atoms with van der Waals surface area (Å²) < 4.78 is 31.4. The Kier molecular flexibility index (Phi) is 6.41. The number of ether oxygens (including phenoxy) is 1. The molecule has 0 spiro atoms. The van der Waals surface area contributed by atoms with E-state index < -0.39 is 15.9 Å². The number of carbonyl (C=O) groups is 1. The van der Waals surface area contributed by atoms with E-state index >= 15 is 0 Å². The third kappa shape index (κ3) is 4.72. The monoisotopic (exact) mass is 382 g/mol. The van der Waals surface area contributed by atoms with Crippen molar-refractivity contribution < 1.29 is 17.9 Å². The number of anilines is 1. The molecule has 2 aromatic rings. The van der Waals surface area contributed by atoms with Crippen molar-refractivity contribution >= 4 is 33.2 Å². The average molecular weight is 383 g/mol. The third-order valence-corrected chi connectivity index (χ3v) is 5.72. The van der Waals surface area contributed by atoms with Crippen LogP contribution in [0.25, 0.3) is 0 Å². The molecule has 0 aliphatic carbocycles. The minimum absolute atomic E-state index is 0.150. The van der Waals surface area contributed by atoms with Crippen LogP contribution in [-0.4, -0.2) is 38.8 Å². The van der Waals surface area contributed by atoms with Gasteiger partial charge in [0, 0.05) is 12.2 Å². The van der Waals surface area contributed by atoms with Gasteiger partial charge in [0.25, 0.3) is 0 Å². The first-order chi connectivity index (χ1) is 11.9. The van der Waals surface area contributed by atoms with Crippen LogP contribution >= 0.6 is 11.6 Å². The third-order valence-electron chi connectivity index (χ3n) is 3.49. The Hall–Kier alpha value is -2.09. The Labute approximate surface area is 152 Å². The molecule has 0 aliphatic rings. The van der Waals surface area contributed by atoms with Gasteiger partial charge in [-0.1, -0.05) is 36.7 Å². The molecule has 25 heavy (non-hydrogen) atoms. The first-order valence-electron chi connectivity index (χ1n) is 7.57. The molecule has 8 heteroatoms. The molecule has 134 valence electrons. The number of carbonyl (C=O) groups excluding carboxylic acids is 1. The number of nitrogens with zero attached hydrogens (tertiary/aromatic N) is 1. The van der Waals surface area contributed by atoms with Gasteiger partial charge in [-0.3, -0.25) is 4.79 Å². The van der Waals surface area contributed by atoms with E-state index in [0.717, 1.165) is 4.31 Å². The molecule has 0 atom stereocenters. The van der Waals surface area contributed by atoms with Gasteiger partial charge in [0.05, 0.1) is 23.6 Å². The zero-order valence-electron chi connectivity index (χ0n) is 13.9. The van der Waals surface area contributed by atoms with Crippen LogP contribution < -0.4 is 10.1 Å². The fourth-order valence-electron chi connectivity index (χ4n) is 2.21. The lowest BCUT2D eigenvalue weighted by atomic mass is 10.3. The summed E-state index contributed by atoms with van der Waals surface area (Å²) in [5.74, 6) is 0.0316. The van der Waals surface area contributed by atoms with Gasteiger partial charge < -0.3 is 10.1 Å². The van der Waals surface area contributed by atoms with Gasteiger partial charge in [0.15, 0.2) is 0 Å². The molecule has 0 heterocycles. The van der Waals surface area contributed by atoms with Crippen molar-refractivity contribution in [3.05, 3.63) is 53.6 Å². The Morgan fingerprint density at radius 3 is 2.44 bits per heavy atom. The predicted octanol–water partition coefficient (Wildman–Crippen LogP) is 3.00. The van der Waals surface area contributed by atoms with Gasteiger partial charge in [-0.25, -0.2) is 8.42 Å². The second-order valence-electron chi connectivity index (χ2n) is 5.14. The molecule has 0 radical (unpaired) electrons. The van der Waals surface area contributed by atoms with E-state index in [1.54, 1.807) is 43.3 Å². The lowest BCUT2D eigenvalue weighted by molar-refractivity contribution is -0.116. The SMILES string of the molecule is CCN(CC(=O)Nc1ccc(OC)c(Cl)c1)S(=O)(=O)c1ccccc1. The number of nitrogens with one attached hydrogen (secondary N) is 1. The Balaban J connectivity index is 2.11. The highest BCUT2D eigenvalue weighted by Crippen LogP contribution is 2.27. The van der Waals surface area contributed by atoms with E-state index in [9.17, 15) is 13.2 Å². The molecule has 2 aromatic carbocycles. The lowest BCUT2D eigenvalue weighted by Gasteiger charge is -2.20. The number of hydrogen-bond acceptors (Lipinski definition) is 4. The van der Waals surface area contributed by atoms with E-state index in [4.69, 9.17) is 16.3 Å². The first kappa shape index (κ1) is 19.2. The zero-order chi connectivity index (χ0) is 18.4. The molecule has 0 saturated heterocycles. The van der Waals surface area contributed by atoms with Crippen molar-refractivity contribution in [1.82, 2.24) is 4.31 Å². The number of halogens is 1. The minimum atomic E-state index is -3.73.